The summed E-state index contributed by atoms with van der Waals surface area (Å²) < 4.78 is 8.11. The molecule has 220 valence electrons. The van der Waals surface area contributed by atoms with Gasteiger partial charge in [-0.2, -0.15) is 0 Å². The standard InChI is InChI=1S/C30H41N7O4/c1-21-15-37(22(2)19-38)29(39)9-6-14-36-17-25(33-34-36)20-41-28(21)18-35(3)16-23-10-12-24(13-11-23)30(40)32-27-8-5-4-7-26(27)31/h4-5,7-8,10-13,17,21-22,28,38H,6,9,14-16,18-20,31H2,1-3H3,(H,32,40)/t21-,22+,28-/m1/s1. The first-order valence-corrected chi connectivity index (χ1v) is 14.1. The Morgan fingerprint density at radius 1 is 1.24 bits per heavy atom. The van der Waals surface area contributed by atoms with Crippen LogP contribution < -0.4 is 11.1 Å². The molecule has 4 N–H and O–H groups in total. The number of nitrogens with two attached hydrogens (primary N) is 1. The minimum absolute atomic E-state index is 0.00249. The molecule has 41 heavy (non-hydrogen) atoms. The fourth-order valence-corrected chi connectivity index (χ4v) is 4.94. The number of rotatable bonds is 8. The van der Waals surface area contributed by atoms with Crippen molar-refractivity contribution in [1.82, 2.24) is 24.8 Å². The summed E-state index contributed by atoms with van der Waals surface area (Å²) in [4.78, 5) is 29.7. The number of anilines is 2. The molecular weight excluding hydrogens is 522 g/mol. The van der Waals surface area contributed by atoms with E-state index in [1.54, 1.807) is 33.8 Å². The van der Waals surface area contributed by atoms with Crippen LogP contribution in [0.1, 0.15) is 48.3 Å². The summed E-state index contributed by atoms with van der Waals surface area (Å²) in [6.07, 6.45) is 2.70. The normalized spacial score (nSPS) is 19.2. The van der Waals surface area contributed by atoms with Gasteiger partial charge in [-0.1, -0.05) is 36.4 Å². The zero-order valence-corrected chi connectivity index (χ0v) is 24.1. The molecule has 0 saturated heterocycles. The van der Waals surface area contributed by atoms with Crippen molar-refractivity contribution in [3.63, 3.8) is 0 Å². The lowest BCUT2D eigenvalue weighted by Gasteiger charge is -2.35. The summed E-state index contributed by atoms with van der Waals surface area (Å²) in [5.41, 5.74) is 9.39. The molecule has 0 aliphatic carbocycles. The highest BCUT2D eigenvalue weighted by atomic mass is 16.5. The first-order chi connectivity index (χ1) is 19.7. The third-order valence-corrected chi connectivity index (χ3v) is 7.41. The molecule has 2 bridgehead atoms. The van der Waals surface area contributed by atoms with Crippen LogP contribution in [0.4, 0.5) is 11.4 Å². The molecule has 2 heterocycles. The van der Waals surface area contributed by atoms with Gasteiger partial charge in [-0.05, 0) is 50.2 Å². The molecule has 1 aliphatic heterocycles. The summed E-state index contributed by atoms with van der Waals surface area (Å²) in [7, 11) is 2.02. The van der Waals surface area contributed by atoms with Gasteiger partial charge < -0.3 is 25.8 Å². The maximum absolute atomic E-state index is 13.1. The van der Waals surface area contributed by atoms with Crippen LogP contribution in [0.5, 0.6) is 0 Å². The van der Waals surface area contributed by atoms with Crippen LogP contribution in [0, 0.1) is 5.92 Å². The number of aryl methyl sites for hydroxylation is 1. The molecule has 0 unspecified atom stereocenters. The van der Waals surface area contributed by atoms with E-state index in [9.17, 15) is 14.7 Å². The Bertz CT molecular complexity index is 1300. The lowest BCUT2D eigenvalue weighted by atomic mass is 10.0. The molecule has 0 fully saturated rings. The minimum atomic E-state index is -0.278. The summed E-state index contributed by atoms with van der Waals surface area (Å²) in [5, 5.41) is 21.1. The highest BCUT2D eigenvalue weighted by Crippen LogP contribution is 2.20. The van der Waals surface area contributed by atoms with Crippen molar-refractivity contribution in [3.05, 3.63) is 71.5 Å². The van der Waals surface area contributed by atoms with Crippen molar-refractivity contribution < 1.29 is 19.4 Å². The number of hydrogen-bond donors (Lipinski definition) is 3. The topological polar surface area (TPSA) is 139 Å². The number of likely N-dealkylation sites (N-methyl/N-ethyl adjacent to an activating group) is 1. The number of aliphatic hydroxyl groups is 1. The van der Waals surface area contributed by atoms with Gasteiger partial charge in [-0.25, -0.2) is 0 Å². The van der Waals surface area contributed by atoms with Crippen LogP contribution >= 0.6 is 0 Å². The van der Waals surface area contributed by atoms with Gasteiger partial charge in [0.25, 0.3) is 5.91 Å². The average Bonchev–Trinajstić information content (AvgIpc) is 3.42. The summed E-state index contributed by atoms with van der Waals surface area (Å²) >= 11 is 0. The highest BCUT2D eigenvalue weighted by molar-refractivity contribution is 6.05. The number of amides is 2. The van der Waals surface area contributed by atoms with Crippen molar-refractivity contribution in [3.8, 4) is 0 Å². The van der Waals surface area contributed by atoms with Gasteiger partial charge in [-0.3, -0.25) is 19.2 Å². The summed E-state index contributed by atoms with van der Waals surface area (Å²) in [6.45, 7) is 6.51. The molecule has 0 radical (unpaired) electrons. The molecule has 11 heteroatoms. The predicted octanol–water partition coefficient (Wildman–Crippen LogP) is 2.77. The molecule has 1 aromatic heterocycles. The van der Waals surface area contributed by atoms with Crippen LogP contribution in [0.2, 0.25) is 0 Å². The first kappa shape index (κ1) is 30.2. The molecule has 3 aromatic rings. The van der Waals surface area contributed by atoms with Gasteiger partial charge in [-0.15, -0.1) is 5.10 Å². The van der Waals surface area contributed by atoms with Crippen LogP contribution in [-0.2, 0) is 29.2 Å². The van der Waals surface area contributed by atoms with E-state index in [2.05, 4.69) is 27.5 Å². The van der Waals surface area contributed by atoms with Crippen molar-refractivity contribution in [2.45, 2.75) is 58.5 Å². The SMILES string of the molecule is C[C@@H]1CN([C@@H](C)CO)C(=O)CCCn2cc(nn2)CO[C@@H]1CN(C)Cc1ccc(C(=O)Nc2ccccc2N)cc1. The van der Waals surface area contributed by atoms with Gasteiger partial charge in [0.1, 0.15) is 5.69 Å². The maximum atomic E-state index is 13.1. The molecule has 11 nitrogen and oxygen atoms in total. The van der Waals surface area contributed by atoms with Crippen molar-refractivity contribution in [2.75, 3.05) is 37.8 Å². The number of carbonyl (C=O) groups is 2. The number of para-hydroxylation sites is 2. The molecule has 4 rings (SSSR count). The van der Waals surface area contributed by atoms with Gasteiger partial charge in [0.05, 0.1) is 42.9 Å². The zero-order valence-electron chi connectivity index (χ0n) is 24.1. The molecule has 2 amide bonds. The smallest absolute Gasteiger partial charge is 0.255 e. The number of benzene rings is 2. The van der Waals surface area contributed by atoms with E-state index < -0.39 is 0 Å². The Kier molecular flexibility index (Phi) is 10.4. The number of ether oxygens (including phenoxy) is 1. The number of nitrogens with one attached hydrogen (secondary N) is 1. The molecule has 0 saturated carbocycles. The number of aliphatic hydroxyl groups excluding tert-OH is 1. The fraction of sp³-hybridized carbons (Fsp3) is 0.467. The fourth-order valence-electron chi connectivity index (χ4n) is 4.94. The second kappa shape index (κ2) is 14.2. The number of nitrogen functional groups attached to an aromatic ring is 1. The Morgan fingerprint density at radius 3 is 2.73 bits per heavy atom. The third-order valence-electron chi connectivity index (χ3n) is 7.41. The average molecular weight is 564 g/mol. The second-order valence-electron chi connectivity index (χ2n) is 10.9. The highest BCUT2D eigenvalue weighted by Gasteiger charge is 2.28. The van der Waals surface area contributed by atoms with Gasteiger partial charge >= 0.3 is 0 Å². The van der Waals surface area contributed by atoms with Crippen molar-refractivity contribution in [1.29, 1.82) is 0 Å². The molecular formula is C30H41N7O4. The van der Waals surface area contributed by atoms with E-state index in [-0.39, 0.29) is 36.5 Å². The van der Waals surface area contributed by atoms with E-state index in [4.69, 9.17) is 10.5 Å². The monoisotopic (exact) mass is 563 g/mol. The second-order valence-corrected chi connectivity index (χ2v) is 10.9. The van der Waals surface area contributed by atoms with E-state index in [0.29, 0.717) is 62.6 Å². The zero-order chi connectivity index (χ0) is 29.4. The first-order valence-electron chi connectivity index (χ1n) is 14.1. The molecule has 2 aromatic carbocycles. The summed E-state index contributed by atoms with van der Waals surface area (Å²) in [5.74, 6) is -0.200. The Hall–Kier alpha value is -3.80. The van der Waals surface area contributed by atoms with E-state index in [0.717, 1.165) is 11.3 Å². The van der Waals surface area contributed by atoms with E-state index >= 15 is 0 Å². The maximum Gasteiger partial charge on any atom is 0.255 e. The van der Waals surface area contributed by atoms with Crippen molar-refractivity contribution >= 4 is 23.2 Å². The van der Waals surface area contributed by atoms with Gasteiger partial charge in [0, 0.05) is 44.1 Å². The quantitative estimate of drug-likeness (QED) is 0.356. The number of nitrogens with zero attached hydrogens (tertiary/aromatic N) is 5. The third kappa shape index (κ3) is 8.35. The van der Waals surface area contributed by atoms with Crippen LogP contribution in [0.3, 0.4) is 0 Å². The predicted molar refractivity (Wildman–Crippen MR) is 157 cm³/mol. The Labute approximate surface area is 241 Å². The Morgan fingerprint density at radius 2 is 2.00 bits per heavy atom. The van der Waals surface area contributed by atoms with Crippen LogP contribution in [-0.4, -0.2) is 80.6 Å². The molecule has 1 aliphatic rings. The minimum Gasteiger partial charge on any atom is -0.397 e. The van der Waals surface area contributed by atoms with Crippen molar-refractivity contribution in [2.24, 2.45) is 5.92 Å². The lowest BCUT2D eigenvalue weighted by Crippen LogP contribution is -2.47. The lowest BCUT2D eigenvalue weighted by molar-refractivity contribution is -0.136. The number of fused-ring (bicyclic) bond motifs is 2. The largest absolute Gasteiger partial charge is 0.397 e. The van der Waals surface area contributed by atoms with E-state index in [1.165, 1.54) is 0 Å². The number of aromatic nitrogens is 3. The van der Waals surface area contributed by atoms with Gasteiger partial charge in [0.15, 0.2) is 0 Å². The molecule has 0 spiro atoms. The van der Waals surface area contributed by atoms with E-state index in [1.807, 2.05) is 44.4 Å². The Balaban J connectivity index is 1.42. The van der Waals surface area contributed by atoms with Gasteiger partial charge in [0.2, 0.25) is 5.91 Å². The molecule has 3 atom stereocenters. The number of carbonyl (C=O) groups excluding carboxylic acids is 2. The van der Waals surface area contributed by atoms with Crippen LogP contribution in [0.25, 0.3) is 0 Å². The van der Waals surface area contributed by atoms with Crippen LogP contribution in [0.15, 0.2) is 54.7 Å². The number of hydrogen-bond acceptors (Lipinski definition) is 8. The summed E-state index contributed by atoms with van der Waals surface area (Å²) in [6, 6.07) is 14.4.